The summed E-state index contributed by atoms with van der Waals surface area (Å²) in [7, 11) is 0. The van der Waals surface area contributed by atoms with Crippen molar-refractivity contribution in [3.63, 3.8) is 0 Å². The van der Waals surface area contributed by atoms with Gasteiger partial charge in [-0.1, -0.05) is 11.6 Å². The summed E-state index contributed by atoms with van der Waals surface area (Å²) in [5.41, 5.74) is 2.20. The molecule has 2 atom stereocenters. The third kappa shape index (κ3) is 3.14. The van der Waals surface area contributed by atoms with E-state index in [4.69, 9.17) is 16.0 Å². The molecule has 2 unspecified atom stereocenters. The summed E-state index contributed by atoms with van der Waals surface area (Å²) in [4.78, 5) is 48.0. The molecule has 0 saturated carbocycles. The van der Waals surface area contributed by atoms with E-state index in [1.165, 1.54) is 4.90 Å². The van der Waals surface area contributed by atoms with Gasteiger partial charge >= 0.3 is 0 Å². The van der Waals surface area contributed by atoms with Gasteiger partial charge in [-0.05, 0) is 61.5 Å². The highest BCUT2D eigenvalue weighted by Crippen LogP contribution is 2.42. The predicted octanol–water partition coefficient (Wildman–Crippen LogP) is 4.27. The fourth-order valence-corrected chi connectivity index (χ4v) is 4.11. The Bertz CT molecular complexity index is 1340. The Hall–Kier alpha value is -3.71. The van der Waals surface area contributed by atoms with Gasteiger partial charge in [-0.2, -0.15) is 0 Å². The van der Waals surface area contributed by atoms with Crippen molar-refractivity contribution in [1.29, 1.82) is 0 Å². The van der Waals surface area contributed by atoms with Crippen LogP contribution in [0.2, 0.25) is 5.02 Å². The van der Waals surface area contributed by atoms with Crippen LogP contribution >= 0.6 is 11.6 Å². The zero-order valence-corrected chi connectivity index (χ0v) is 17.1. The van der Waals surface area contributed by atoms with Gasteiger partial charge in [0.05, 0.1) is 17.4 Å². The largest absolute Gasteiger partial charge is 0.464 e. The number of aromatic amines is 1. The second kappa shape index (κ2) is 7.21. The Morgan fingerprint density at radius 2 is 1.87 bits per heavy atom. The number of imidazole rings is 1. The quantitative estimate of drug-likeness (QED) is 0.294. The first-order chi connectivity index (χ1) is 14.9. The summed E-state index contributed by atoms with van der Waals surface area (Å²) in [6, 6.07) is 13.9. The van der Waals surface area contributed by atoms with Crippen molar-refractivity contribution in [2.45, 2.75) is 13.0 Å². The second-order valence-corrected chi connectivity index (χ2v) is 7.82. The summed E-state index contributed by atoms with van der Waals surface area (Å²) in [6.45, 7) is 1.76. The number of aryl methyl sites for hydroxylation is 1. The van der Waals surface area contributed by atoms with Crippen molar-refractivity contribution < 1.29 is 18.8 Å². The molecule has 0 aliphatic carbocycles. The van der Waals surface area contributed by atoms with Crippen molar-refractivity contribution in [2.24, 2.45) is 5.92 Å². The number of benzene rings is 2. The molecule has 1 aliphatic heterocycles. The first-order valence-electron chi connectivity index (χ1n) is 9.60. The number of aromatic nitrogens is 2. The Kier molecular flexibility index (Phi) is 4.48. The molecule has 2 aromatic heterocycles. The van der Waals surface area contributed by atoms with Gasteiger partial charge < -0.3 is 9.40 Å². The molecule has 1 fully saturated rings. The van der Waals surface area contributed by atoms with Crippen LogP contribution < -0.4 is 4.90 Å². The topological polar surface area (TPSA) is 96.3 Å². The van der Waals surface area contributed by atoms with Crippen molar-refractivity contribution in [1.82, 2.24) is 9.97 Å². The molecule has 0 radical (unpaired) electrons. The van der Waals surface area contributed by atoms with E-state index in [0.29, 0.717) is 33.3 Å². The number of carbonyl (C=O) groups excluding carboxylic acids is 3. The monoisotopic (exact) mass is 433 g/mol. The van der Waals surface area contributed by atoms with Gasteiger partial charge in [0.1, 0.15) is 23.5 Å². The van der Waals surface area contributed by atoms with Gasteiger partial charge in [0.25, 0.3) is 5.91 Å². The molecule has 8 heteroatoms. The molecule has 0 spiro atoms. The van der Waals surface area contributed by atoms with Crippen LogP contribution in [0.1, 0.15) is 27.9 Å². The summed E-state index contributed by atoms with van der Waals surface area (Å²) in [5, 5.41) is 0.470. The number of amides is 1. The highest BCUT2D eigenvalue weighted by molar-refractivity contribution is 6.49. The highest BCUT2D eigenvalue weighted by atomic mass is 35.5. The first kappa shape index (κ1) is 19.3. The van der Waals surface area contributed by atoms with Gasteiger partial charge in [0, 0.05) is 16.3 Å². The Balaban J connectivity index is 1.65. The number of halogens is 1. The van der Waals surface area contributed by atoms with Crippen LogP contribution in [0.4, 0.5) is 5.69 Å². The van der Waals surface area contributed by atoms with Crippen LogP contribution in [0.25, 0.3) is 11.0 Å². The van der Waals surface area contributed by atoms with Gasteiger partial charge in [-0.25, -0.2) is 4.98 Å². The molecule has 1 aliphatic rings. The summed E-state index contributed by atoms with van der Waals surface area (Å²) in [6.07, 6.45) is 1.55. The van der Waals surface area contributed by atoms with E-state index >= 15 is 0 Å². The van der Waals surface area contributed by atoms with Crippen LogP contribution in [-0.4, -0.2) is 27.4 Å². The van der Waals surface area contributed by atoms with Crippen LogP contribution in [0.5, 0.6) is 0 Å². The third-order valence-electron chi connectivity index (χ3n) is 5.45. The maximum atomic E-state index is 13.4. The second-order valence-electron chi connectivity index (χ2n) is 7.39. The normalized spacial score (nSPS) is 18.8. The van der Waals surface area contributed by atoms with Crippen LogP contribution in [0, 0.1) is 12.8 Å². The number of hydrogen-bond acceptors (Lipinski definition) is 5. The van der Waals surface area contributed by atoms with Crippen LogP contribution in [-0.2, 0) is 9.59 Å². The smallest absolute Gasteiger partial charge is 0.295 e. The Labute approximate surface area is 181 Å². The molecule has 3 heterocycles. The molecule has 1 amide bonds. The minimum absolute atomic E-state index is 0.301. The van der Waals surface area contributed by atoms with Gasteiger partial charge in [-0.15, -0.1) is 0 Å². The van der Waals surface area contributed by atoms with Crippen LogP contribution in [0.15, 0.2) is 65.3 Å². The molecule has 7 nitrogen and oxygen atoms in total. The number of H-pyrrole nitrogens is 1. The zero-order valence-electron chi connectivity index (χ0n) is 16.3. The number of anilines is 1. The molecule has 4 aromatic rings. The number of ketones is 2. The molecule has 1 N–H and O–H groups in total. The number of nitrogens with zero attached hydrogens (tertiary/aromatic N) is 2. The summed E-state index contributed by atoms with van der Waals surface area (Å²) >= 11 is 5.93. The minimum atomic E-state index is -1.24. The number of rotatable bonds is 4. The number of nitrogens with one attached hydrogen (secondary N) is 1. The van der Waals surface area contributed by atoms with E-state index in [-0.39, 0.29) is 0 Å². The van der Waals surface area contributed by atoms with E-state index in [1.54, 1.807) is 67.8 Å². The average Bonchev–Trinajstić information content (AvgIpc) is 3.46. The molecular weight excluding hydrogens is 418 g/mol. The summed E-state index contributed by atoms with van der Waals surface area (Å²) < 4.78 is 5.78. The predicted molar refractivity (Wildman–Crippen MR) is 114 cm³/mol. The van der Waals surface area contributed by atoms with E-state index in [9.17, 15) is 14.4 Å². The Morgan fingerprint density at radius 1 is 1.10 bits per heavy atom. The lowest BCUT2D eigenvalue weighted by molar-refractivity contribution is -0.135. The standard InChI is InChI=1S/C23H16ClN3O4/c1-12-2-9-18(31-12)20-19(21(28)13-3-5-14(24)6-4-13)22(29)23(30)27(20)15-7-8-16-17(10-15)26-11-25-16/h2-11,19-20H,1H3,(H,25,26). The Morgan fingerprint density at radius 3 is 2.58 bits per heavy atom. The molecule has 2 aromatic carbocycles. The number of hydrogen-bond donors (Lipinski definition) is 1. The number of furan rings is 1. The van der Waals surface area contributed by atoms with E-state index in [0.717, 1.165) is 5.52 Å². The lowest BCUT2D eigenvalue weighted by atomic mass is 9.88. The van der Waals surface area contributed by atoms with E-state index < -0.39 is 29.4 Å². The molecule has 154 valence electrons. The lowest BCUT2D eigenvalue weighted by Crippen LogP contribution is -2.30. The van der Waals surface area contributed by atoms with Gasteiger partial charge in [0.2, 0.25) is 5.78 Å². The van der Waals surface area contributed by atoms with Crippen molar-refractivity contribution in [3.05, 3.63) is 83.0 Å². The maximum Gasteiger partial charge on any atom is 0.295 e. The van der Waals surface area contributed by atoms with E-state index in [1.807, 2.05) is 0 Å². The van der Waals surface area contributed by atoms with Crippen molar-refractivity contribution in [2.75, 3.05) is 4.90 Å². The van der Waals surface area contributed by atoms with Gasteiger partial charge in [0.15, 0.2) is 5.78 Å². The SMILES string of the molecule is Cc1ccc(C2C(C(=O)c3ccc(Cl)cc3)C(=O)C(=O)N2c2ccc3nc[nH]c3c2)o1. The fourth-order valence-electron chi connectivity index (χ4n) is 3.98. The average molecular weight is 434 g/mol. The zero-order chi connectivity index (χ0) is 21.7. The minimum Gasteiger partial charge on any atom is -0.464 e. The molecule has 0 bridgehead atoms. The van der Waals surface area contributed by atoms with Gasteiger partial charge in [-0.3, -0.25) is 19.3 Å². The number of fused-ring (bicyclic) bond motifs is 1. The number of Topliss-reactive ketones (excluding diaryl/α,β-unsaturated/α-hetero) is 2. The first-order valence-corrected chi connectivity index (χ1v) is 9.98. The number of carbonyl (C=O) groups is 3. The van der Waals surface area contributed by atoms with E-state index in [2.05, 4.69) is 9.97 Å². The van der Waals surface area contributed by atoms with Crippen molar-refractivity contribution >= 4 is 45.8 Å². The third-order valence-corrected chi connectivity index (χ3v) is 5.70. The van der Waals surface area contributed by atoms with Crippen molar-refractivity contribution in [3.8, 4) is 0 Å². The summed E-state index contributed by atoms with van der Waals surface area (Å²) in [5.74, 6) is -2.25. The molecular formula is C23H16ClN3O4. The maximum absolute atomic E-state index is 13.4. The van der Waals surface area contributed by atoms with Crippen LogP contribution in [0.3, 0.4) is 0 Å². The fraction of sp³-hybridized carbons (Fsp3) is 0.130. The highest BCUT2D eigenvalue weighted by Gasteiger charge is 2.53. The lowest BCUT2D eigenvalue weighted by Gasteiger charge is -2.25. The molecule has 31 heavy (non-hydrogen) atoms. The molecule has 1 saturated heterocycles. The molecule has 5 rings (SSSR count).